The zero-order chi connectivity index (χ0) is 22.0. The molecule has 162 valence electrons. The summed E-state index contributed by atoms with van der Waals surface area (Å²) in [4.78, 5) is 27.5. The second kappa shape index (κ2) is 8.83. The minimum atomic E-state index is -0.396. The first-order valence-corrected chi connectivity index (χ1v) is 10.3. The molecule has 9 nitrogen and oxygen atoms in total. The Morgan fingerprint density at radius 3 is 2.45 bits per heavy atom. The Labute approximate surface area is 180 Å². The summed E-state index contributed by atoms with van der Waals surface area (Å²) in [6, 6.07) is 10.8. The number of nitrogens with zero attached hydrogens (tertiary/aromatic N) is 5. The Hall–Kier alpha value is -3.30. The largest absolute Gasteiger partial charge is 0.324 e. The number of nitro benzene ring substituents is 1. The fraction of sp³-hybridized carbons (Fsp3) is 0.364. The van der Waals surface area contributed by atoms with E-state index in [1.165, 1.54) is 6.07 Å². The number of non-ortho nitro benzene ring substituents is 1. The van der Waals surface area contributed by atoms with Crippen LogP contribution in [0.1, 0.15) is 11.1 Å². The maximum atomic E-state index is 12.5. The van der Waals surface area contributed by atoms with Crippen LogP contribution in [-0.2, 0) is 11.5 Å². The summed E-state index contributed by atoms with van der Waals surface area (Å²) in [6.45, 7) is 8.22. The highest BCUT2D eigenvalue weighted by Crippen LogP contribution is 2.21. The van der Waals surface area contributed by atoms with Crippen LogP contribution >= 0.6 is 0 Å². The molecule has 1 fully saturated rings. The van der Waals surface area contributed by atoms with E-state index in [0.717, 1.165) is 53.9 Å². The maximum absolute atomic E-state index is 12.5. The quantitative estimate of drug-likeness (QED) is 0.485. The first-order chi connectivity index (χ1) is 14.9. The predicted molar refractivity (Wildman–Crippen MR) is 119 cm³/mol. The summed E-state index contributed by atoms with van der Waals surface area (Å²) < 4.78 is 1.86. The Morgan fingerprint density at radius 2 is 1.77 bits per heavy atom. The molecule has 9 heteroatoms. The zero-order valence-corrected chi connectivity index (χ0v) is 17.7. The van der Waals surface area contributed by atoms with Crippen LogP contribution in [0.3, 0.4) is 0 Å². The lowest BCUT2D eigenvalue weighted by Gasteiger charge is -2.34. The van der Waals surface area contributed by atoms with Gasteiger partial charge in [-0.2, -0.15) is 5.10 Å². The smallest absolute Gasteiger partial charge is 0.270 e. The van der Waals surface area contributed by atoms with Crippen LogP contribution in [0, 0.1) is 24.0 Å². The van der Waals surface area contributed by atoms with Crippen molar-refractivity contribution in [2.75, 3.05) is 38.0 Å². The number of carbonyl (C=O) groups excluding carboxylic acids is 1. The number of piperazine rings is 1. The van der Waals surface area contributed by atoms with Crippen LogP contribution in [0.2, 0.25) is 0 Å². The number of hydrogen-bond acceptors (Lipinski definition) is 6. The van der Waals surface area contributed by atoms with Crippen molar-refractivity contribution >= 4 is 28.2 Å². The Bertz CT molecular complexity index is 1100. The van der Waals surface area contributed by atoms with Gasteiger partial charge in [0.25, 0.3) is 5.69 Å². The molecule has 0 spiro atoms. The number of aryl methyl sites for hydroxylation is 2. The third kappa shape index (κ3) is 4.73. The zero-order valence-electron chi connectivity index (χ0n) is 17.7. The molecule has 0 unspecified atom stereocenters. The number of anilines is 1. The van der Waals surface area contributed by atoms with Crippen LogP contribution in [-0.4, -0.2) is 63.1 Å². The van der Waals surface area contributed by atoms with Crippen molar-refractivity contribution < 1.29 is 9.72 Å². The highest BCUT2D eigenvalue weighted by molar-refractivity contribution is 5.93. The summed E-state index contributed by atoms with van der Waals surface area (Å²) in [5.74, 6) is 0.00511. The fourth-order valence-corrected chi connectivity index (χ4v) is 3.97. The van der Waals surface area contributed by atoms with Gasteiger partial charge in [-0.25, -0.2) is 0 Å². The average Bonchev–Trinajstić information content (AvgIpc) is 3.14. The van der Waals surface area contributed by atoms with E-state index in [2.05, 4.69) is 20.2 Å². The number of aromatic nitrogens is 2. The average molecular weight is 422 g/mol. The van der Waals surface area contributed by atoms with Crippen molar-refractivity contribution in [1.82, 2.24) is 19.6 Å². The number of amides is 1. The minimum Gasteiger partial charge on any atom is -0.324 e. The summed E-state index contributed by atoms with van der Waals surface area (Å²) in [5, 5.41) is 19.2. The molecule has 1 saturated heterocycles. The van der Waals surface area contributed by atoms with E-state index in [9.17, 15) is 14.9 Å². The molecule has 0 aliphatic carbocycles. The van der Waals surface area contributed by atoms with Crippen molar-refractivity contribution in [3.8, 4) is 0 Å². The first kappa shape index (κ1) is 21.0. The van der Waals surface area contributed by atoms with Gasteiger partial charge in [0, 0.05) is 49.4 Å². The van der Waals surface area contributed by atoms with Crippen LogP contribution in [0.5, 0.6) is 0 Å². The fourth-order valence-electron chi connectivity index (χ4n) is 3.97. The number of carbonyl (C=O) groups is 1. The van der Waals surface area contributed by atoms with Gasteiger partial charge in [-0.15, -0.1) is 0 Å². The Morgan fingerprint density at radius 1 is 1.10 bits per heavy atom. The van der Waals surface area contributed by atoms with E-state index >= 15 is 0 Å². The van der Waals surface area contributed by atoms with Gasteiger partial charge in [-0.05, 0) is 31.0 Å². The summed E-state index contributed by atoms with van der Waals surface area (Å²) in [7, 11) is 0. The lowest BCUT2D eigenvalue weighted by molar-refractivity contribution is -0.384. The summed E-state index contributed by atoms with van der Waals surface area (Å²) in [5.41, 5.74) is 3.97. The first-order valence-electron chi connectivity index (χ1n) is 10.3. The number of nitrogens with one attached hydrogen (secondary N) is 1. The molecule has 3 aromatic rings. The lowest BCUT2D eigenvalue weighted by atomic mass is 10.1. The van der Waals surface area contributed by atoms with Gasteiger partial charge in [0.1, 0.15) is 0 Å². The molecule has 1 amide bonds. The molecule has 4 rings (SSSR count). The molecule has 1 aliphatic rings. The van der Waals surface area contributed by atoms with Crippen molar-refractivity contribution in [3.63, 3.8) is 0 Å². The van der Waals surface area contributed by atoms with Crippen molar-refractivity contribution in [2.24, 2.45) is 0 Å². The van der Waals surface area contributed by atoms with Crippen LogP contribution < -0.4 is 5.32 Å². The monoisotopic (exact) mass is 422 g/mol. The third-order valence-electron chi connectivity index (χ3n) is 5.75. The maximum Gasteiger partial charge on any atom is 0.270 e. The van der Waals surface area contributed by atoms with E-state index in [4.69, 9.17) is 0 Å². The van der Waals surface area contributed by atoms with Crippen LogP contribution in [0.25, 0.3) is 10.9 Å². The van der Waals surface area contributed by atoms with E-state index in [1.54, 1.807) is 18.3 Å². The molecule has 0 atom stereocenters. The molecule has 1 aliphatic heterocycles. The Kier molecular flexibility index (Phi) is 5.97. The molecular formula is C22H26N6O3. The lowest BCUT2D eigenvalue weighted by Crippen LogP contribution is -2.48. The van der Waals surface area contributed by atoms with Gasteiger partial charge in [0.15, 0.2) is 0 Å². The number of rotatable bonds is 6. The van der Waals surface area contributed by atoms with Crippen molar-refractivity contribution in [1.29, 1.82) is 0 Å². The number of para-hydroxylation sites is 1. The van der Waals surface area contributed by atoms with E-state index < -0.39 is 4.92 Å². The highest BCUT2D eigenvalue weighted by atomic mass is 16.6. The van der Waals surface area contributed by atoms with Gasteiger partial charge in [0.05, 0.1) is 29.9 Å². The molecule has 0 saturated carbocycles. The summed E-state index contributed by atoms with van der Waals surface area (Å²) in [6.07, 6.45) is 1.66. The molecule has 0 radical (unpaired) electrons. The summed E-state index contributed by atoms with van der Waals surface area (Å²) >= 11 is 0. The van der Waals surface area contributed by atoms with E-state index in [1.807, 2.05) is 36.7 Å². The molecule has 2 heterocycles. The van der Waals surface area contributed by atoms with Crippen molar-refractivity contribution in [3.05, 3.63) is 63.8 Å². The molecule has 0 bridgehead atoms. The molecular weight excluding hydrogens is 396 g/mol. The second-order valence-corrected chi connectivity index (χ2v) is 7.99. The SMILES string of the molecule is Cc1cccc(C)c1NC(=O)CN1CCN(Cn2ncc3cc([N+](=O)[O-])ccc32)CC1. The third-order valence-corrected chi connectivity index (χ3v) is 5.75. The number of fused-ring (bicyclic) bond motifs is 1. The van der Waals surface area contributed by atoms with Crippen LogP contribution in [0.15, 0.2) is 42.6 Å². The predicted octanol–water partition coefficient (Wildman–Crippen LogP) is 2.78. The second-order valence-electron chi connectivity index (χ2n) is 7.99. The topological polar surface area (TPSA) is 96.5 Å². The molecule has 1 N–H and O–H groups in total. The molecule has 31 heavy (non-hydrogen) atoms. The number of benzene rings is 2. The molecule has 1 aromatic heterocycles. The number of nitro groups is 1. The standard InChI is InChI=1S/C22H26N6O3/c1-16-4-3-5-17(2)22(16)24-21(29)14-25-8-10-26(11-9-25)15-27-20-7-6-19(28(30)31)12-18(20)13-23-27/h3-7,12-13H,8-11,14-15H2,1-2H3,(H,24,29). The molecule has 2 aromatic carbocycles. The van der Waals surface area contributed by atoms with E-state index in [0.29, 0.717) is 13.2 Å². The van der Waals surface area contributed by atoms with Gasteiger partial charge in [0.2, 0.25) is 5.91 Å². The van der Waals surface area contributed by atoms with Gasteiger partial charge in [-0.3, -0.25) is 29.4 Å². The Balaban J connectivity index is 1.30. The van der Waals surface area contributed by atoms with Gasteiger partial charge < -0.3 is 5.32 Å². The van der Waals surface area contributed by atoms with E-state index in [-0.39, 0.29) is 11.6 Å². The normalized spacial score (nSPS) is 15.3. The van der Waals surface area contributed by atoms with Crippen LogP contribution in [0.4, 0.5) is 11.4 Å². The highest BCUT2D eigenvalue weighted by Gasteiger charge is 2.20. The minimum absolute atomic E-state index is 0.00511. The van der Waals surface area contributed by atoms with Gasteiger partial charge in [-0.1, -0.05) is 18.2 Å². The van der Waals surface area contributed by atoms with Crippen molar-refractivity contribution in [2.45, 2.75) is 20.5 Å². The number of hydrogen-bond donors (Lipinski definition) is 1. The van der Waals surface area contributed by atoms with Gasteiger partial charge >= 0.3 is 0 Å².